The van der Waals surface area contributed by atoms with Crippen LogP contribution in [-0.4, -0.2) is 11.5 Å². The smallest absolute Gasteiger partial charge is 0.0931 e. The summed E-state index contributed by atoms with van der Waals surface area (Å²) in [5.41, 5.74) is 7.66. The molecule has 0 unspecified atom stereocenters. The zero-order chi connectivity index (χ0) is 12.4. The van der Waals surface area contributed by atoms with Crippen molar-refractivity contribution in [1.82, 2.24) is 4.98 Å². The van der Waals surface area contributed by atoms with Crippen molar-refractivity contribution < 1.29 is 0 Å². The molecule has 1 heterocycles. The van der Waals surface area contributed by atoms with E-state index >= 15 is 0 Å². The van der Waals surface area contributed by atoms with Gasteiger partial charge in [0.15, 0.2) is 0 Å². The summed E-state index contributed by atoms with van der Waals surface area (Å²) in [6.45, 7) is 0.814. The maximum atomic E-state index is 5.55. The number of rotatable bonds is 4. The molecule has 18 heavy (non-hydrogen) atoms. The fourth-order valence-electron chi connectivity index (χ4n) is 3.66. The fourth-order valence-corrected chi connectivity index (χ4v) is 4.99. The van der Waals surface area contributed by atoms with Crippen LogP contribution < -0.4 is 5.73 Å². The van der Waals surface area contributed by atoms with Crippen molar-refractivity contribution in [2.24, 2.45) is 11.1 Å². The van der Waals surface area contributed by atoms with Gasteiger partial charge in [0, 0.05) is 4.88 Å². The number of hydrogen-bond donors (Lipinski definition) is 1. The van der Waals surface area contributed by atoms with E-state index in [-0.39, 0.29) is 0 Å². The SMILES string of the molecule is NCCCCc1nc2c(s1)CC1(CCCC1)CC2. The Labute approximate surface area is 114 Å². The monoisotopic (exact) mass is 264 g/mol. The van der Waals surface area contributed by atoms with Crippen LogP contribution in [0.2, 0.25) is 0 Å². The van der Waals surface area contributed by atoms with Crippen LogP contribution in [0.5, 0.6) is 0 Å². The number of nitrogens with zero attached hydrogens (tertiary/aromatic N) is 1. The molecule has 1 aromatic rings. The lowest BCUT2D eigenvalue weighted by atomic mass is 9.74. The molecule has 0 radical (unpaired) electrons. The molecule has 1 saturated carbocycles. The molecule has 1 fully saturated rings. The van der Waals surface area contributed by atoms with Gasteiger partial charge in [0.05, 0.1) is 10.7 Å². The van der Waals surface area contributed by atoms with E-state index in [1.165, 1.54) is 62.1 Å². The number of fused-ring (bicyclic) bond motifs is 1. The summed E-state index contributed by atoms with van der Waals surface area (Å²) in [4.78, 5) is 6.47. The van der Waals surface area contributed by atoms with E-state index in [0.717, 1.165) is 19.4 Å². The van der Waals surface area contributed by atoms with Crippen molar-refractivity contribution in [3.05, 3.63) is 15.6 Å². The minimum absolute atomic E-state index is 0.675. The first-order valence-electron chi connectivity index (χ1n) is 7.49. The molecule has 1 aromatic heterocycles. The van der Waals surface area contributed by atoms with Gasteiger partial charge in [-0.15, -0.1) is 11.3 Å². The predicted octanol–water partition coefficient (Wildman–Crippen LogP) is 3.47. The first-order valence-corrected chi connectivity index (χ1v) is 8.31. The normalized spacial score (nSPS) is 21.4. The van der Waals surface area contributed by atoms with Gasteiger partial charge in [0.25, 0.3) is 0 Å². The molecule has 0 amide bonds. The molecule has 1 spiro atoms. The summed E-state index contributed by atoms with van der Waals surface area (Å²) in [6.07, 6.45) is 13.3. The molecule has 3 heteroatoms. The predicted molar refractivity (Wildman–Crippen MR) is 77.0 cm³/mol. The minimum Gasteiger partial charge on any atom is -0.330 e. The highest BCUT2D eigenvalue weighted by molar-refractivity contribution is 7.11. The van der Waals surface area contributed by atoms with Gasteiger partial charge in [0.1, 0.15) is 0 Å². The Hall–Kier alpha value is -0.410. The van der Waals surface area contributed by atoms with Gasteiger partial charge in [-0.25, -0.2) is 4.98 Å². The molecule has 0 saturated heterocycles. The summed E-state index contributed by atoms with van der Waals surface area (Å²) in [7, 11) is 0. The van der Waals surface area contributed by atoms with E-state index < -0.39 is 0 Å². The fraction of sp³-hybridized carbons (Fsp3) is 0.800. The number of nitrogens with two attached hydrogens (primary N) is 1. The Balaban J connectivity index is 1.68. The number of thiazole rings is 1. The summed E-state index contributed by atoms with van der Waals surface area (Å²) in [5, 5.41) is 1.36. The van der Waals surface area contributed by atoms with Crippen LogP contribution in [0.4, 0.5) is 0 Å². The van der Waals surface area contributed by atoms with Gasteiger partial charge in [-0.05, 0) is 63.3 Å². The van der Waals surface area contributed by atoms with Crippen molar-refractivity contribution in [3.8, 4) is 0 Å². The third-order valence-electron chi connectivity index (χ3n) is 4.76. The van der Waals surface area contributed by atoms with E-state index in [1.54, 1.807) is 4.88 Å². The van der Waals surface area contributed by atoms with E-state index in [9.17, 15) is 0 Å². The number of unbranched alkanes of at least 4 members (excludes halogenated alkanes) is 1. The summed E-state index contributed by atoms with van der Waals surface area (Å²) in [5.74, 6) is 0. The van der Waals surface area contributed by atoms with Crippen LogP contribution in [-0.2, 0) is 19.3 Å². The average Bonchev–Trinajstić information content (AvgIpc) is 2.97. The molecule has 100 valence electrons. The van der Waals surface area contributed by atoms with Gasteiger partial charge in [-0.1, -0.05) is 12.8 Å². The molecule has 2 aliphatic carbocycles. The third kappa shape index (κ3) is 2.48. The second kappa shape index (κ2) is 5.30. The average molecular weight is 264 g/mol. The van der Waals surface area contributed by atoms with Crippen LogP contribution in [0.1, 0.15) is 60.5 Å². The molecular formula is C15H24N2S. The zero-order valence-electron chi connectivity index (χ0n) is 11.2. The van der Waals surface area contributed by atoms with Crippen LogP contribution in [0.25, 0.3) is 0 Å². The highest BCUT2D eigenvalue weighted by atomic mass is 32.1. The standard InChI is InChI=1S/C15H24N2S/c16-10-4-1-5-14-17-12-6-9-15(7-2-3-8-15)11-13(12)18-14/h1-11,16H2. The first kappa shape index (κ1) is 12.6. The molecular weight excluding hydrogens is 240 g/mol. The number of aromatic nitrogens is 1. The van der Waals surface area contributed by atoms with Crippen molar-refractivity contribution in [1.29, 1.82) is 0 Å². The highest BCUT2D eigenvalue weighted by Gasteiger charge is 2.38. The Kier molecular flexibility index (Phi) is 3.71. The van der Waals surface area contributed by atoms with Crippen molar-refractivity contribution in [2.45, 2.75) is 64.2 Å². The van der Waals surface area contributed by atoms with Gasteiger partial charge in [-0.3, -0.25) is 0 Å². The molecule has 0 bridgehead atoms. The quantitative estimate of drug-likeness (QED) is 0.846. The second-order valence-corrected chi connectivity index (χ2v) is 7.28. The largest absolute Gasteiger partial charge is 0.330 e. The second-order valence-electron chi connectivity index (χ2n) is 6.11. The molecule has 2 N–H and O–H groups in total. The van der Waals surface area contributed by atoms with Crippen molar-refractivity contribution in [2.75, 3.05) is 6.54 Å². The van der Waals surface area contributed by atoms with Crippen LogP contribution >= 0.6 is 11.3 Å². The Morgan fingerprint density at radius 2 is 2.00 bits per heavy atom. The molecule has 2 aliphatic rings. The van der Waals surface area contributed by atoms with Gasteiger partial charge in [-0.2, -0.15) is 0 Å². The minimum atomic E-state index is 0.675. The molecule has 0 aromatic carbocycles. The summed E-state index contributed by atoms with van der Waals surface area (Å²) >= 11 is 1.99. The number of hydrogen-bond acceptors (Lipinski definition) is 3. The Morgan fingerprint density at radius 3 is 2.78 bits per heavy atom. The van der Waals surface area contributed by atoms with Crippen LogP contribution in [0, 0.1) is 5.41 Å². The van der Waals surface area contributed by atoms with Crippen molar-refractivity contribution in [3.63, 3.8) is 0 Å². The Morgan fingerprint density at radius 1 is 1.17 bits per heavy atom. The van der Waals surface area contributed by atoms with Gasteiger partial charge in [0.2, 0.25) is 0 Å². The molecule has 2 nitrogen and oxygen atoms in total. The van der Waals surface area contributed by atoms with E-state index in [4.69, 9.17) is 10.7 Å². The Bertz CT molecular complexity index is 405. The van der Waals surface area contributed by atoms with Crippen LogP contribution in [0.15, 0.2) is 0 Å². The van der Waals surface area contributed by atoms with Crippen LogP contribution in [0.3, 0.4) is 0 Å². The van der Waals surface area contributed by atoms with Gasteiger partial charge >= 0.3 is 0 Å². The molecule has 0 atom stereocenters. The van der Waals surface area contributed by atoms with E-state index in [2.05, 4.69) is 0 Å². The highest BCUT2D eigenvalue weighted by Crippen LogP contribution is 2.48. The van der Waals surface area contributed by atoms with E-state index in [0.29, 0.717) is 5.41 Å². The third-order valence-corrected chi connectivity index (χ3v) is 5.92. The maximum absolute atomic E-state index is 5.55. The summed E-state index contributed by atoms with van der Waals surface area (Å²) < 4.78 is 0. The van der Waals surface area contributed by atoms with Gasteiger partial charge < -0.3 is 5.73 Å². The topological polar surface area (TPSA) is 38.9 Å². The zero-order valence-corrected chi connectivity index (χ0v) is 12.0. The molecule has 3 rings (SSSR count). The maximum Gasteiger partial charge on any atom is 0.0931 e. The first-order chi connectivity index (χ1) is 8.81. The van der Waals surface area contributed by atoms with Crippen molar-refractivity contribution >= 4 is 11.3 Å². The number of aryl methyl sites for hydroxylation is 2. The lowest BCUT2D eigenvalue weighted by molar-refractivity contribution is 0.256. The summed E-state index contributed by atoms with van der Waals surface area (Å²) in [6, 6.07) is 0. The lowest BCUT2D eigenvalue weighted by Gasteiger charge is -2.32. The lowest BCUT2D eigenvalue weighted by Crippen LogP contribution is -2.24. The molecule has 0 aliphatic heterocycles. The van der Waals surface area contributed by atoms with E-state index in [1.807, 2.05) is 11.3 Å².